The zero-order valence-electron chi connectivity index (χ0n) is 8.19. The fourth-order valence-corrected chi connectivity index (χ4v) is 1.89. The van der Waals surface area contributed by atoms with Gasteiger partial charge in [0.15, 0.2) is 0 Å². The maximum Gasteiger partial charge on any atom is 0.308 e. The summed E-state index contributed by atoms with van der Waals surface area (Å²) in [4.78, 5) is 12.5. The van der Waals surface area contributed by atoms with Crippen LogP contribution in [-0.2, 0) is 4.79 Å². The van der Waals surface area contributed by atoms with Crippen LogP contribution < -0.4 is 4.90 Å². The second kappa shape index (κ2) is 3.88. The van der Waals surface area contributed by atoms with E-state index in [1.807, 2.05) is 0 Å². The topological polar surface area (TPSA) is 40.5 Å². The number of hydrogen-bond acceptors (Lipinski definition) is 2. The van der Waals surface area contributed by atoms with Crippen molar-refractivity contribution in [1.82, 2.24) is 0 Å². The normalized spacial score (nSPS) is 20.6. The molecule has 80 valence electrons. The van der Waals surface area contributed by atoms with Crippen molar-refractivity contribution < 1.29 is 14.3 Å². The summed E-state index contributed by atoms with van der Waals surface area (Å²) in [6.45, 7) is 1.01. The van der Waals surface area contributed by atoms with Crippen molar-refractivity contribution in [2.75, 3.05) is 18.0 Å². The van der Waals surface area contributed by atoms with Gasteiger partial charge in [-0.2, -0.15) is 0 Å². The van der Waals surface area contributed by atoms with Gasteiger partial charge in [0.25, 0.3) is 0 Å². The molecule has 0 spiro atoms. The van der Waals surface area contributed by atoms with Gasteiger partial charge in [0.2, 0.25) is 0 Å². The molecule has 0 amide bonds. The highest BCUT2D eigenvalue weighted by atomic mass is 19.1. The molecule has 1 fully saturated rings. The van der Waals surface area contributed by atoms with E-state index in [0.717, 1.165) is 0 Å². The van der Waals surface area contributed by atoms with Crippen LogP contribution in [0.15, 0.2) is 24.3 Å². The molecule has 15 heavy (non-hydrogen) atoms. The fourth-order valence-electron chi connectivity index (χ4n) is 1.89. The van der Waals surface area contributed by atoms with Crippen LogP contribution in [0.1, 0.15) is 6.42 Å². The van der Waals surface area contributed by atoms with Crippen molar-refractivity contribution in [3.05, 3.63) is 30.1 Å². The molecule has 1 N–H and O–H groups in total. The Morgan fingerprint density at radius 2 is 2.20 bits per heavy atom. The average molecular weight is 209 g/mol. The molecule has 1 aromatic rings. The quantitative estimate of drug-likeness (QED) is 0.806. The van der Waals surface area contributed by atoms with Gasteiger partial charge in [0, 0.05) is 13.1 Å². The van der Waals surface area contributed by atoms with Crippen LogP contribution in [0, 0.1) is 11.7 Å². The lowest BCUT2D eigenvalue weighted by atomic mass is 10.1. The van der Waals surface area contributed by atoms with E-state index in [4.69, 9.17) is 5.11 Å². The second-order valence-corrected chi connectivity index (χ2v) is 3.72. The summed E-state index contributed by atoms with van der Waals surface area (Å²) in [5.74, 6) is -1.46. The number of carboxylic acids is 1. The minimum absolute atomic E-state index is 0.288. The first-order chi connectivity index (χ1) is 7.18. The van der Waals surface area contributed by atoms with Gasteiger partial charge in [-0.25, -0.2) is 4.39 Å². The smallest absolute Gasteiger partial charge is 0.308 e. The van der Waals surface area contributed by atoms with Gasteiger partial charge in [0.05, 0.1) is 11.6 Å². The van der Waals surface area contributed by atoms with E-state index in [1.165, 1.54) is 6.07 Å². The van der Waals surface area contributed by atoms with E-state index in [1.54, 1.807) is 23.1 Å². The zero-order chi connectivity index (χ0) is 10.8. The Morgan fingerprint density at radius 1 is 1.47 bits per heavy atom. The lowest BCUT2D eigenvalue weighted by Gasteiger charge is -2.18. The van der Waals surface area contributed by atoms with Gasteiger partial charge in [0.1, 0.15) is 5.82 Å². The number of halogens is 1. The molecular weight excluding hydrogens is 197 g/mol. The first-order valence-electron chi connectivity index (χ1n) is 4.91. The van der Waals surface area contributed by atoms with Crippen molar-refractivity contribution in [2.24, 2.45) is 5.92 Å². The molecule has 1 aromatic carbocycles. The molecular formula is C11H12FNO2. The summed E-state index contributed by atoms with van der Waals surface area (Å²) in [5.41, 5.74) is 0.501. The zero-order valence-corrected chi connectivity index (χ0v) is 8.19. The van der Waals surface area contributed by atoms with E-state index in [2.05, 4.69) is 0 Å². The number of carbonyl (C=O) groups is 1. The number of anilines is 1. The Balaban J connectivity index is 2.14. The number of aliphatic carboxylic acids is 1. The molecule has 0 aliphatic carbocycles. The first kappa shape index (κ1) is 9.96. The molecule has 0 aromatic heterocycles. The van der Waals surface area contributed by atoms with Crippen LogP contribution in [0.5, 0.6) is 0 Å². The van der Waals surface area contributed by atoms with Gasteiger partial charge >= 0.3 is 5.97 Å². The molecule has 0 unspecified atom stereocenters. The van der Waals surface area contributed by atoms with Gasteiger partial charge < -0.3 is 10.0 Å². The van der Waals surface area contributed by atoms with Gasteiger partial charge in [-0.05, 0) is 18.6 Å². The lowest BCUT2D eigenvalue weighted by Crippen LogP contribution is -2.23. The highest BCUT2D eigenvalue weighted by Crippen LogP contribution is 2.25. The number of para-hydroxylation sites is 1. The van der Waals surface area contributed by atoms with Gasteiger partial charge in [-0.1, -0.05) is 12.1 Å². The van der Waals surface area contributed by atoms with Crippen molar-refractivity contribution in [3.63, 3.8) is 0 Å². The molecule has 0 bridgehead atoms. The largest absolute Gasteiger partial charge is 0.481 e. The maximum atomic E-state index is 13.4. The Bertz CT molecular complexity index is 381. The van der Waals surface area contributed by atoms with Gasteiger partial charge in [-0.3, -0.25) is 4.79 Å². The summed E-state index contributed by atoms with van der Waals surface area (Å²) in [6, 6.07) is 6.46. The molecule has 1 aliphatic rings. The summed E-state index contributed by atoms with van der Waals surface area (Å²) in [5, 5.41) is 8.83. The Kier molecular flexibility index (Phi) is 2.58. The number of rotatable bonds is 2. The SMILES string of the molecule is O=C(O)[C@@H]1CCN(c2ccccc2F)C1. The molecule has 0 radical (unpaired) electrons. The molecule has 1 heterocycles. The average Bonchev–Trinajstić information content (AvgIpc) is 2.67. The molecule has 0 saturated carbocycles. The van der Waals surface area contributed by atoms with Crippen molar-refractivity contribution >= 4 is 11.7 Å². The Labute approximate surface area is 87.1 Å². The Morgan fingerprint density at radius 3 is 2.80 bits per heavy atom. The van der Waals surface area contributed by atoms with Crippen LogP contribution in [0.4, 0.5) is 10.1 Å². The minimum Gasteiger partial charge on any atom is -0.481 e. The van der Waals surface area contributed by atoms with Crippen LogP contribution >= 0.6 is 0 Å². The number of hydrogen-bond donors (Lipinski definition) is 1. The van der Waals surface area contributed by atoms with Gasteiger partial charge in [-0.15, -0.1) is 0 Å². The first-order valence-corrected chi connectivity index (χ1v) is 4.91. The third-order valence-electron chi connectivity index (χ3n) is 2.73. The van der Waals surface area contributed by atoms with E-state index in [-0.39, 0.29) is 11.7 Å². The van der Waals surface area contributed by atoms with Crippen molar-refractivity contribution in [3.8, 4) is 0 Å². The molecule has 1 aliphatic heterocycles. The van der Waals surface area contributed by atoms with Crippen LogP contribution in [0.3, 0.4) is 0 Å². The minimum atomic E-state index is -0.797. The highest BCUT2D eigenvalue weighted by molar-refractivity contribution is 5.72. The van der Waals surface area contributed by atoms with Crippen LogP contribution in [-0.4, -0.2) is 24.2 Å². The monoisotopic (exact) mass is 209 g/mol. The molecule has 1 atom stereocenters. The van der Waals surface area contributed by atoms with E-state index >= 15 is 0 Å². The van der Waals surface area contributed by atoms with E-state index < -0.39 is 5.97 Å². The standard InChI is InChI=1S/C11H12FNO2/c12-9-3-1-2-4-10(9)13-6-5-8(7-13)11(14)15/h1-4,8H,5-7H2,(H,14,15)/t8-/m1/s1. The number of benzene rings is 1. The van der Waals surface area contributed by atoms with E-state index in [9.17, 15) is 9.18 Å². The predicted molar refractivity (Wildman–Crippen MR) is 54.4 cm³/mol. The number of carboxylic acid groups (broad SMARTS) is 1. The molecule has 4 heteroatoms. The lowest BCUT2D eigenvalue weighted by molar-refractivity contribution is -0.140. The second-order valence-electron chi connectivity index (χ2n) is 3.72. The summed E-state index contributed by atoms with van der Waals surface area (Å²) in [6.07, 6.45) is 0.587. The highest BCUT2D eigenvalue weighted by Gasteiger charge is 2.28. The fraction of sp³-hybridized carbons (Fsp3) is 0.364. The summed E-state index contributed by atoms with van der Waals surface area (Å²) in [7, 11) is 0. The molecule has 1 saturated heterocycles. The van der Waals surface area contributed by atoms with Crippen LogP contribution in [0.25, 0.3) is 0 Å². The van der Waals surface area contributed by atoms with E-state index in [0.29, 0.717) is 25.2 Å². The third kappa shape index (κ3) is 1.93. The Hall–Kier alpha value is -1.58. The number of nitrogens with zero attached hydrogens (tertiary/aromatic N) is 1. The summed E-state index contributed by atoms with van der Waals surface area (Å²) >= 11 is 0. The third-order valence-corrected chi connectivity index (χ3v) is 2.73. The van der Waals surface area contributed by atoms with Crippen molar-refractivity contribution in [1.29, 1.82) is 0 Å². The maximum absolute atomic E-state index is 13.4. The van der Waals surface area contributed by atoms with Crippen LogP contribution in [0.2, 0.25) is 0 Å². The summed E-state index contributed by atoms with van der Waals surface area (Å²) < 4.78 is 13.4. The van der Waals surface area contributed by atoms with Crippen molar-refractivity contribution in [2.45, 2.75) is 6.42 Å². The predicted octanol–water partition coefficient (Wildman–Crippen LogP) is 1.74. The molecule has 2 rings (SSSR count). The molecule has 3 nitrogen and oxygen atoms in total.